The van der Waals surface area contributed by atoms with E-state index in [-0.39, 0.29) is 0 Å². The van der Waals surface area contributed by atoms with E-state index in [2.05, 4.69) is 113 Å². The maximum Gasteiger partial charge on any atom is 0.252 e. The average molecular weight is 518 g/mol. The molecule has 0 atom stereocenters. The van der Waals surface area contributed by atoms with Crippen LogP contribution in [0.15, 0.2) is 86.3 Å². The fourth-order valence-corrected chi connectivity index (χ4v) is 8.77. The monoisotopic (exact) mass is 517 g/mol. The van der Waals surface area contributed by atoms with E-state index in [1.165, 1.54) is 69.7 Å². The van der Waals surface area contributed by atoms with Gasteiger partial charge in [0.1, 0.15) is 0 Å². The zero-order chi connectivity index (χ0) is 25.6. The lowest BCUT2D eigenvalue weighted by atomic mass is 9.34. The van der Waals surface area contributed by atoms with Crippen LogP contribution in [0.1, 0.15) is 76.0 Å². The quantitative estimate of drug-likeness (QED) is 0.216. The fourth-order valence-electron chi connectivity index (χ4n) is 6.11. The van der Waals surface area contributed by atoms with Crippen LogP contribution < -0.4 is 21.3 Å². The van der Waals surface area contributed by atoms with Crippen LogP contribution in [-0.2, 0) is 0 Å². The number of anilines is 3. The van der Waals surface area contributed by atoms with Crippen LogP contribution >= 0.6 is 23.5 Å². The van der Waals surface area contributed by atoms with Gasteiger partial charge in [-0.25, -0.2) is 0 Å². The first-order valence-corrected chi connectivity index (χ1v) is 15.2. The Morgan fingerprint density at radius 2 is 0.946 bits per heavy atom. The zero-order valence-corrected chi connectivity index (χ0v) is 24.1. The molecule has 184 valence electrons. The summed E-state index contributed by atoms with van der Waals surface area (Å²) >= 11 is 3.99. The molecule has 0 amide bonds. The fraction of sp³-hybridized carbons (Fsp3) is 0.273. The van der Waals surface area contributed by atoms with Crippen molar-refractivity contribution in [3.8, 4) is 0 Å². The van der Waals surface area contributed by atoms with Crippen LogP contribution in [0.2, 0.25) is 0 Å². The normalized spacial score (nSPS) is 14.6. The maximum absolute atomic E-state index is 2.56. The van der Waals surface area contributed by atoms with Gasteiger partial charge in [-0.2, -0.15) is 0 Å². The maximum atomic E-state index is 2.56. The van der Waals surface area contributed by atoms with Gasteiger partial charge in [-0.3, -0.25) is 0 Å². The molecule has 4 aromatic rings. The number of hydrogen-bond acceptors (Lipinski definition) is 3. The SMILES string of the molecule is CC(C)c1cc2c3c(c1)Sc1cc(C(C)C)cc4c1B3c1c(cc(C(C)C)cc1N4c1ccccc1)S2. The van der Waals surface area contributed by atoms with Gasteiger partial charge in [0, 0.05) is 36.6 Å². The first-order valence-electron chi connectivity index (χ1n) is 13.6. The van der Waals surface area contributed by atoms with E-state index in [1.54, 1.807) is 0 Å². The summed E-state index contributed by atoms with van der Waals surface area (Å²) in [6.07, 6.45) is 0. The van der Waals surface area contributed by atoms with E-state index < -0.39 is 0 Å². The summed E-state index contributed by atoms with van der Waals surface area (Å²) in [6.45, 7) is 14.2. The summed E-state index contributed by atoms with van der Waals surface area (Å²) in [5, 5.41) is 0. The largest absolute Gasteiger partial charge is 0.311 e. The summed E-state index contributed by atoms with van der Waals surface area (Å²) in [7, 11) is 0. The molecular weight excluding hydrogens is 485 g/mol. The summed E-state index contributed by atoms with van der Waals surface area (Å²) in [4.78, 5) is 8.34. The Balaban J connectivity index is 1.61. The minimum atomic E-state index is 0.297. The average Bonchev–Trinajstić information content (AvgIpc) is 2.88. The van der Waals surface area contributed by atoms with Gasteiger partial charge in [-0.15, -0.1) is 0 Å². The van der Waals surface area contributed by atoms with E-state index in [1.807, 2.05) is 23.5 Å². The lowest BCUT2D eigenvalue weighted by Crippen LogP contribution is -2.62. The molecule has 4 heteroatoms. The molecule has 1 nitrogen and oxygen atoms in total. The summed E-state index contributed by atoms with van der Waals surface area (Å²) < 4.78 is 0. The van der Waals surface area contributed by atoms with Gasteiger partial charge in [-0.05, 0) is 99.4 Å². The summed E-state index contributed by atoms with van der Waals surface area (Å²) in [5.74, 6) is 1.46. The third-order valence-electron chi connectivity index (χ3n) is 8.21. The highest BCUT2D eigenvalue weighted by atomic mass is 32.2. The first-order chi connectivity index (χ1) is 17.8. The minimum Gasteiger partial charge on any atom is -0.311 e. The molecule has 0 N–H and O–H groups in total. The van der Waals surface area contributed by atoms with Crippen molar-refractivity contribution in [2.24, 2.45) is 0 Å². The zero-order valence-electron chi connectivity index (χ0n) is 22.4. The van der Waals surface area contributed by atoms with Crippen molar-refractivity contribution < 1.29 is 0 Å². The molecule has 3 aliphatic heterocycles. The highest BCUT2D eigenvalue weighted by Crippen LogP contribution is 2.49. The van der Waals surface area contributed by atoms with Crippen molar-refractivity contribution >= 4 is 63.7 Å². The molecule has 0 unspecified atom stereocenters. The molecule has 4 aromatic carbocycles. The Hall–Kier alpha value is -2.56. The van der Waals surface area contributed by atoms with Crippen LogP contribution in [0, 0.1) is 0 Å². The van der Waals surface area contributed by atoms with Crippen LogP contribution in [0.4, 0.5) is 17.1 Å². The second kappa shape index (κ2) is 8.48. The molecular formula is C33H32BNS2. The van der Waals surface area contributed by atoms with Crippen LogP contribution in [0.5, 0.6) is 0 Å². The number of benzene rings is 4. The van der Waals surface area contributed by atoms with Crippen molar-refractivity contribution in [2.45, 2.75) is 78.9 Å². The molecule has 0 radical (unpaired) electrons. The number of nitrogens with zero attached hydrogens (tertiary/aromatic N) is 1. The Kier molecular flexibility index (Phi) is 5.40. The van der Waals surface area contributed by atoms with Crippen molar-refractivity contribution in [3.63, 3.8) is 0 Å². The molecule has 0 saturated heterocycles. The van der Waals surface area contributed by atoms with Crippen molar-refractivity contribution in [3.05, 3.63) is 83.4 Å². The van der Waals surface area contributed by atoms with Gasteiger partial charge in [0.05, 0.1) is 0 Å². The van der Waals surface area contributed by atoms with Crippen LogP contribution in [0.3, 0.4) is 0 Å². The lowest BCUT2D eigenvalue weighted by Gasteiger charge is -2.44. The standard InChI is InChI=1S/C33H32BNS2/c1-18(2)21-12-25-31-27(14-21)36-29-16-23(20(5)6)17-30-33(29)34(31)32-26(35(25)24-10-8-7-9-11-24)13-22(19(3)4)15-28(32)37-30/h7-20H,1-6H3. The Morgan fingerprint density at radius 1 is 0.541 bits per heavy atom. The highest BCUT2D eigenvalue weighted by molar-refractivity contribution is 8.01. The smallest absolute Gasteiger partial charge is 0.252 e. The Bertz CT molecular complexity index is 1480. The van der Waals surface area contributed by atoms with Gasteiger partial charge < -0.3 is 4.90 Å². The molecule has 0 spiro atoms. The minimum absolute atomic E-state index is 0.297. The molecule has 3 aliphatic rings. The van der Waals surface area contributed by atoms with Gasteiger partial charge >= 0.3 is 0 Å². The topological polar surface area (TPSA) is 3.24 Å². The molecule has 7 rings (SSSR count). The second-order valence-corrected chi connectivity index (χ2v) is 13.8. The van der Waals surface area contributed by atoms with Crippen LogP contribution in [0.25, 0.3) is 0 Å². The molecule has 3 heterocycles. The second-order valence-electron chi connectivity index (χ2n) is 11.6. The number of para-hydroxylation sites is 1. The van der Waals surface area contributed by atoms with E-state index in [4.69, 9.17) is 0 Å². The predicted molar refractivity (Wildman–Crippen MR) is 163 cm³/mol. The third-order valence-corrected chi connectivity index (χ3v) is 10.4. The summed E-state index contributed by atoms with van der Waals surface area (Å²) in [6, 6.07) is 25.9. The van der Waals surface area contributed by atoms with E-state index >= 15 is 0 Å². The van der Waals surface area contributed by atoms with E-state index in [0.29, 0.717) is 24.5 Å². The van der Waals surface area contributed by atoms with Gasteiger partial charge in [0.25, 0.3) is 6.71 Å². The Labute approximate surface area is 230 Å². The molecule has 0 bridgehead atoms. The number of rotatable bonds is 4. The molecule has 0 fully saturated rings. The first kappa shape index (κ1) is 23.6. The molecule has 37 heavy (non-hydrogen) atoms. The number of hydrogen-bond donors (Lipinski definition) is 0. The van der Waals surface area contributed by atoms with Crippen molar-refractivity contribution in [1.82, 2.24) is 0 Å². The molecule has 0 aliphatic carbocycles. The van der Waals surface area contributed by atoms with Crippen molar-refractivity contribution in [1.29, 1.82) is 0 Å². The predicted octanol–water partition coefficient (Wildman–Crippen LogP) is 8.29. The lowest BCUT2D eigenvalue weighted by molar-refractivity contribution is 0.856. The third kappa shape index (κ3) is 3.48. The van der Waals surface area contributed by atoms with Crippen molar-refractivity contribution in [2.75, 3.05) is 4.90 Å². The Morgan fingerprint density at radius 3 is 1.38 bits per heavy atom. The van der Waals surface area contributed by atoms with E-state index in [0.717, 1.165) is 0 Å². The van der Waals surface area contributed by atoms with Gasteiger partial charge in [-0.1, -0.05) is 83.3 Å². The van der Waals surface area contributed by atoms with Gasteiger partial charge in [0.15, 0.2) is 0 Å². The van der Waals surface area contributed by atoms with Crippen LogP contribution in [-0.4, -0.2) is 6.71 Å². The van der Waals surface area contributed by atoms with E-state index in [9.17, 15) is 0 Å². The van der Waals surface area contributed by atoms with Gasteiger partial charge in [0.2, 0.25) is 0 Å². The molecule has 0 saturated carbocycles. The summed E-state index contributed by atoms with van der Waals surface area (Å²) in [5.41, 5.74) is 12.8. The molecule has 0 aromatic heterocycles. The highest BCUT2D eigenvalue weighted by Gasteiger charge is 2.46.